The normalized spacial score (nSPS) is 21.1. The number of hydrogen-bond donors (Lipinski definition) is 0. The number of aromatic nitrogens is 2. The predicted molar refractivity (Wildman–Crippen MR) is 127 cm³/mol. The molecule has 0 unspecified atom stereocenters. The highest BCUT2D eigenvalue weighted by atomic mass is 32.2. The third-order valence-electron chi connectivity index (χ3n) is 6.31. The quantitative estimate of drug-likeness (QED) is 0.435. The highest BCUT2D eigenvalue weighted by Gasteiger charge is 2.34. The van der Waals surface area contributed by atoms with E-state index in [-0.39, 0.29) is 28.9 Å². The second kappa shape index (κ2) is 8.71. The number of benzene rings is 2. The van der Waals surface area contributed by atoms with Crippen LogP contribution < -0.4 is 10.5 Å². The number of nitrogens with zero attached hydrogens (tertiary/aromatic N) is 3. The molecule has 1 amide bonds. The predicted octanol–water partition coefficient (Wildman–Crippen LogP) is 4.03. The molecule has 2 aliphatic rings. The number of carbonyl (C=O) groups is 1. The average molecular weight is 450 g/mol. The van der Waals surface area contributed by atoms with Crippen molar-refractivity contribution in [3.63, 3.8) is 0 Å². The molecule has 3 aromatic rings. The molecule has 2 aromatic carbocycles. The molecule has 0 aliphatic carbocycles. The summed E-state index contributed by atoms with van der Waals surface area (Å²) in [4.78, 5) is 33.5. The van der Waals surface area contributed by atoms with Gasteiger partial charge in [0.2, 0.25) is 5.91 Å². The van der Waals surface area contributed by atoms with E-state index in [9.17, 15) is 9.59 Å². The van der Waals surface area contributed by atoms with Crippen LogP contribution in [-0.2, 0) is 22.5 Å². The summed E-state index contributed by atoms with van der Waals surface area (Å²) < 4.78 is 7.50. The van der Waals surface area contributed by atoms with E-state index in [2.05, 4.69) is 13.0 Å². The third kappa shape index (κ3) is 3.84. The van der Waals surface area contributed by atoms with Crippen LogP contribution in [0.2, 0.25) is 0 Å². The van der Waals surface area contributed by atoms with Crippen LogP contribution in [0.5, 0.6) is 0 Å². The van der Waals surface area contributed by atoms with E-state index in [1.165, 1.54) is 17.3 Å². The number of fused-ring (bicyclic) bond motifs is 2. The Morgan fingerprint density at radius 2 is 2.00 bits per heavy atom. The van der Waals surface area contributed by atoms with Crippen LogP contribution in [-0.4, -0.2) is 39.5 Å². The van der Waals surface area contributed by atoms with Crippen molar-refractivity contribution in [2.45, 2.75) is 62.2 Å². The van der Waals surface area contributed by atoms with Crippen LogP contribution in [0.3, 0.4) is 0 Å². The van der Waals surface area contributed by atoms with Gasteiger partial charge in [0.15, 0.2) is 5.16 Å². The first-order chi connectivity index (χ1) is 15.5. The molecule has 3 atom stereocenters. The van der Waals surface area contributed by atoms with Crippen molar-refractivity contribution in [1.82, 2.24) is 9.55 Å². The van der Waals surface area contributed by atoms with Gasteiger partial charge in [-0.2, -0.15) is 0 Å². The van der Waals surface area contributed by atoms with Crippen LogP contribution in [0.4, 0.5) is 5.69 Å². The highest BCUT2D eigenvalue weighted by Crippen LogP contribution is 2.34. The summed E-state index contributed by atoms with van der Waals surface area (Å²) in [6.45, 7) is 5.17. The minimum Gasteiger partial charge on any atom is -0.376 e. The summed E-state index contributed by atoms with van der Waals surface area (Å²) in [6.07, 6.45) is 2.80. The molecular weight excluding hydrogens is 422 g/mol. The van der Waals surface area contributed by atoms with Crippen molar-refractivity contribution in [1.29, 1.82) is 0 Å². The summed E-state index contributed by atoms with van der Waals surface area (Å²) in [5, 5.41) is 0.786. The fraction of sp³-hybridized carbons (Fsp3) is 0.400. The molecule has 7 heteroatoms. The number of anilines is 1. The van der Waals surface area contributed by atoms with E-state index < -0.39 is 0 Å². The zero-order valence-corrected chi connectivity index (χ0v) is 19.2. The Kier molecular flexibility index (Phi) is 5.78. The Hall–Kier alpha value is -2.64. The van der Waals surface area contributed by atoms with E-state index in [0.717, 1.165) is 31.6 Å². The number of carbonyl (C=O) groups excluding carboxylic acids is 1. The molecule has 2 aliphatic heterocycles. The Balaban J connectivity index is 1.47. The maximum atomic E-state index is 13.5. The summed E-state index contributed by atoms with van der Waals surface area (Å²) in [5.74, 6) is 0.0403. The molecule has 1 fully saturated rings. The first kappa shape index (κ1) is 21.2. The van der Waals surface area contributed by atoms with Crippen molar-refractivity contribution < 1.29 is 9.53 Å². The van der Waals surface area contributed by atoms with Gasteiger partial charge >= 0.3 is 0 Å². The smallest absolute Gasteiger partial charge is 0.262 e. The molecule has 32 heavy (non-hydrogen) atoms. The van der Waals surface area contributed by atoms with Gasteiger partial charge in [0.25, 0.3) is 5.56 Å². The third-order valence-corrected chi connectivity index (χ3v) is 7.39. The lowest BCUT2D eigenvalue weighted by atomic mass is 10.1. The van der Waals surface area contributed by atoms with Gasteiger partial charge in [-0.3, -0.25) is 14.2 Å². The number of hydrogen-bond acceptors (Lipinski definition) is 5. The molecule has 166 valence electrons. The van der Waals surface area contributed by atoms with E-state index in [4.69, 9.17) is 9.72 Å². The molecule has 1 saturated heterocycles. The Labute approximate surface area is 191 Å². The van der Waals surface area contributed by atoms with Gasteiger partial charge in [-0.15, -0.1) is 0 Å². The number of rotatable bonds is 5. The largest absolute Gasteiger partial charge is 0.376 e. The van der Waals surface area contributed by atoms with Crippen LogP contribution in [0, 0.1) is 0 Å². The molecule has 0 N–H and O–H groups in total. The molecule has 6 nitrogen and oxygen atoms in total. The maximum absolute atomic E-state index is 13.5. The average Bonchev–Trinajstić information content (AvgIpc) is 3.42. The van der Waals surface area contributed by atoms with Gasteiger partial charge in [-0.25, -0.2) is 4.98 Å². The molecule has 5 rings (SSSR count). The lowest BCUT2D eigenvalue weighted by Gasteiger charge is -2.26. The second-order valence-electron chi connectivity index (χ2n) is 8.61. The fourth-order valence-corrected chi connectivity index (χ4v) is 5.66. The SMILES string of the molecule is C[C@@H]1Cc2ccccc2N1C(=O)[C@@H](C)Sc1nc2ccccc2c(=O)n1C[C@@H]1CCCO1. The lowest BCUT2D eigenvalue weighted by molar-refractivity contribution is -0.118. The molecular formula is C25H27N3O3S. The molecule has 0 saturated carbocycles. The van der Waals surface area contributed by atoms with E-state index in [1.807, 2.05) is 54.3 Å². The topological polar surface area (TPSA) is 64.4 Å². The summed E-state index contributed by atoms with van der Waals surface area (Å²) in [5.41, 5.74) is 2.77. The number of para-hydroxylation sites is 2. The van der Waals surface area contributed by atoms with Crippen LogP contribution in [0.1, 0.15) is 32.3 Å². The van der Waals surface area contributed by atoms with Gasteiger partial charge in [0.1, 0.15) is 0 Å². The maximum Gasteiger partial charge on any atom is 0.262 e. The zero-order chi connectivity index (χ0) is 22.2. The Morgan fingerprint density at radius 3 is 2.81 bits per heavy atom. The minimum atomic E-state index is -0.382. The lowest BCUT2D eigenvalue weighted by Crippen LogP contribution is -2.40. The Bertz CT molecular complexity index is 1220. The van der Waals surface area contributed by atoms with Crippen molar-refractivity contribution >= 4 is 34.3 Å². The van der Waals surface area contributed by atoms with Gasteiger partial charge in [-0.05, 0) is 56.9 Å². The van der Waals surface area contributed by atoms with Gasteiger partial charge < -0.3 is 9.64 Å². The first-order valence-electron chi connectivity index (χ1n) is 11.2. The Morgan fingerprint density at radius 1 is 1.22 bits per heavy atom. The van der Waals surface area contributed by atoms with Gasteiger partial charge in [0, 0.05) is 18.3 Å². The second-order valence-corrected chi connectivity index (χ2v) is 9.92. The summed E-state index contributed by atoms with van der Waals surface area (Å²) >= 11 is 1.36. The molecule has 1 aromatic heterocycles. The number of amides is 1. The first-order valence-corrected chi connectivity index (χ1v) is 12.1. The summed E-state index contributed by atoms with van der Waals surface area (Å²) in [7, 11) is 0. The summed E-state index contributed by atoms with van der Waals surface area (Å²) in [6, 6.07) is 15.6. The van der Waals surface area contributed by atoms with Crippen molar-refractivity contribution in [3.05, 3.63) is 64.4 Å². The molecule has 0 bridgehead atoms. The standard InChI is InChI=1S/C25H27N3O3S/c1-16-14-18-8-3-6-12-22(18)28(16)23(29)17(2)32-25-26-21-11-5-4-10-20(21)24(30)27(25)15-19-9-7-13-31-19/h3-6,8,10-12,16-17,19H,7,9,13-15H2,1-2H3/t16-,17-,19+/m1/s1. The van der Waals surface area contributed by atoms with E-state index >= 15 is 0 Å². The fourth-order valence-electron chi connectivity index (χ4n) is 4.70. The van der Waals surface area contributed by atoms with Crippen molar-refractivity contribution in [2.75, 3.05) is 11.5 Å². The number of thioether (sulfide) groups is 1. The zero-order valence-electron chi connectivity index (χ0n) is 18.4. The van der Waals surface area contributed by atoms with Crippen molar-refractivity contribution in [2.24, 2.45) is 0 Å². The molecule has 3 heterocycles. The number of ether oxygens (including phenoxy) is 1. The van der Waals surface area contributed by atoms with E-state index in [1.54, 1.807) is 4.57 Å². The molecule has 0 spiro atoms. The van der Waals surface area contributed by atoms with Crippen LogP contribution >= 0.6 is 11.8 Å². The van der Waals surface area contributed by atoms with Crippen LogP contribution in [0.15, 0.2) is 58.5 Å². The van der Waals surface area contributed by atoms with E-state index in [0.29, 0.717) is 22.6 Å². The monoisotopic (exact) mass is 449 g/mol. The van der Waals surface area contributed by atoms with Crippen molar-refractivity contribution in [3.8, 4) is 0 Å². The van der Waals surface area contributed by atoms with Gasteiger partial charge in [0.05, 0.1) is 28.8 Å². The van der Waals surface area contributed by atoms with Gasteiger partial charge in [-0.1, -0.05) is 42.1 Å². The molecule has 0 radical (unpaired) electrons. The van der Waals surface area contributed by atoms with Crippen LogP contribution in [0.25, 0.3) is 10.9 Å². The minimum absolute atomic E-state index is 0.00602. The highest BCUT2D eigenvalue weighted by molar-refractivity contribution is 8.00.